The van der Waals surface area contributed by atoms with E-state index in [1.165, 1.54) is 4.90 Å². The maximum absolute atomic E-state index is 13.1. The van der Waals surface area contributed by atoms with Crippen LogP contribution in [0.15, 0.2) is 42.5 Å². The number of imide groups is 1. The van der Waals surface area contributed by atoms with Crippen LogP contribution in [0.4, 0.5) is 5.69 Å². The van der Waals surface area contributed by atoms with Crippen molar-refractivity contribution in [3.8, 4) is 11.5 Å². The van der Waals surface area contributed by atoms with Crippen molar-refractivity contribution in [3.63, 3.8) is 0 Å². The molecule has 0 atom stereocenters. The lowest BCUT2D eigenvalue weighted by Gasteiger charge is -2.14. The molecule has 6 nitrogen and oxygen atoms in total. The number of benzene rings is 2. The van der Waals surface area contributed by atoms with Crippen LogP contribution in [-0.4, -0.2) is 23.6 Å². The second-order valence-electron chi connectivity index (χ2n) is 5.95. The van der Waals surface area contributed by atoms with Gasteiger partial charge in [0.1, 0.15) is 0 Å². The van der Waals surface area contributed by atoms with Crippen molar-refractivity contribution in [1.82, 2.24) is 4.98 Å². The third-order valence-corrected chi connectivity index (χ3v) is 4.52. The number of pyridine rings is 1. The molecule has 25 heavy (non-hydrogen) atoms. The lowest BCUT2D eigenvalue weighted by Crippen LogP contribution is -2.29. The van der Waals surface area contributed by atoms with Gasteiger partial charge in [0.25, 0.3) is 11.8 Å². The molecule has 0 saturated heterocycles. The zero-order chi connectivity index (χ0) is 17.1. The molecule has 0 N–H and O–H groups in total. The molecule has 0 spiro atoms. The number of hydrogen-bond acceptors (Lipinski definition) is 5. The van der Waals surface area contributed by atoms with E-state index < -0.39 is 0 Å². The summed E-state index contributed by atoms with van der Waals surface area (Å²) in [6.45, 7) is 1.88. The third kappa shape index (κ3) is 1.82. The first-order valence-electron chi connectivity index (χ1n) is 7.83. The van der Waals surface area contributed by atoms with E-state index in [1.807, 2.05) is 24.3 Å². The summed E-state index contributed by atoms with van der Waals surface area (Å²) in [7, 11) is 0. The van der Waals surface area contributed by atoms with Crippen LogP contribution in [0.5, 0.6) is 11.5 Å². The summed E-state index contributed by atoms with van der Waals surface area (Å²) >= 11 is 0. The fourth-order valence-electron chi connectivity index (χ4n) is 3.39. The van der Waals surface area contributed by atoms with Crippen molar-refractivity contribution in [2.75, 3.05) is 11.7 Å². The van der Waals surface area contributed by atoms with Crippen LogP contribution in [0.25, 0.3) is 10.9 Å². The Bertz CT molecular complexity index is 1090. The molecular formula is C19H12N2O4. The molecule has 0 fully saturated rings. The largest absolute Gasteiger partial charge is 0.454 e. The van der Waals surface area contributed by atoms with E-state index in [9.17, 15) is 9.59 Å². The number of amides is 2. The summed E-state index contributed by atoms with van der Waals surface area (Å²) in [4.78, 5) is 31.7. The van der Waals surface area contributed by atoms with Crippen LogP contribution in [0.2, 0.25) is 0 Å². The Kier molecular flexibility index (Phi) is 2.68. The minimum Gasteiger partial charge on any atom is -0.454 e. The highest BCUT2D eigenvalue weighted by Crippen LogP contribution is 2.39. The van der Waals surface area contributed by atoms with Gasteiger partial charge in [-0.1, -0.05) is 18.2 Å². The molecule has 0 aliphatic carbocycles. The molecule has 1 aromatic heterocycles. The van der Waals surface area contributed by atoms with E-state index in [0.717, 1.165) is 0 Å². The van der Waals surface area contributed by atoms with Crippen molar-refractivity contribution >= 4 is 28.4 Å². The number of rotatable bonds is 1. The number of aromatic nitrogens is 1. The van der Waals surface area contributed by atoms with E-state index >= 15 is 0 Å². The Morgan fingerprint density at radius 2 is 1.72 bits per heavy atom. The van der Waals surface area contributed by atoms with E-state index in [2.05, 4.69) is 4.98 Å². The number of para-hydroxylation sites is 1. The average Bonchev–Trinajstić information content (AvgIpc) is 3.17. The summed E-state index contributed by atoms with van der Waals surface area (Å²) in [6, 6.07) is 12.4. The van der Waals surface area contributed by atoms with Gasteiger partial charge in [0, 0.05) is 11.5 Å². The summed E-state index contributed by atoms with van der Waals surface area (Å²) in [5, 5.41) is 0.685. The molecule has 3 heterocycles. The van der Waals surface area contributed by atoms with Gasteiger partial charge in [-0.15, -0.1) is 0 Å². The number of hydrogen-bond donors (Lipinski definition) is 0. The fourth-order valence-corrected chi connectivity index (χ4v) is 3.39. The predicted molar refractivity (Wildman–Crippen MR) is 90.2 cm³/mol. The quantitative estimate of drug-likeness (QED) is 0.641. The average molecular weight is 332 g/mol. The van der Waals surface area contributed by atoms with E-state index in [-0.39, 0.29) is 18.6 Å². The van der Waals surface area contributed by atoms with Gasteiger partial charge in [0.15, 0.2) is 11.5 Å². The zero-order valence-electron chi connectivity index (χ0n) is 13.3. The van der Waals surface area contributed by atoms with Crippen molar-refractivity contribution in [2.24, 2.45) is 0 Å². The highest BCUT2D eigenvalue weighted by Gasteiger charge is 2.40. The maximum atomic E-state index is 13.1. The van der Waals surface area contributed by atoms with Gasteiger partial charge in [-0.3, -0.25) is 14.6 Å². The molecule has 5 rings (SSSR count). The van der Waals surface area contributed by atoms with Gasteiger partial charge in [0.05, 0.1) is 28.0 Å². The zero-order valence-corrected chi connectivity index (χ0v) is 13.3. The SMILES string of the molecule is Cc1nc2ccccc2c2c1C(=O)N(c1ccc3c(c1)OCO3)C2=O. The number of carbonyl (C=O) groups excluding carboxylic acids is 2. The van der Waals surface area contributed by atoms with E-state index in [4.69, 9.17) is 9.47 Å². The Hall–Kier alpha value is -3.41. The standard InChI is InChI=1S/C19H12N2O4/c1-10-16-17(12-4-2-3-5-13(12)20-10)19(23)21(18(16)22)11-6-7-14-15(8-11)25-9-24-14/h2-8H,9H2,1H3. The number of fused-ring (bicyclic) bond motifs is 4. The smallest absolute Gasteiger partial charge is 0.268 e. The maximum Gasteiger partial charge on any atom is 0.268 e. The van der Waals surface area contributed by atoms with Crippen molar-refractivity contribution < 1.29 is 19.1 Å². The van der Waals surface area contributed by atoms with E-state index in [0.29, 0.717) is 44.9 Å². The molecule has 3 aromatic rings. The second-order valence-corrected chi connectivity index (χ2v) is 5.95. The fraction of sp³-hybridized carbons (Fsp3) is 0.105. The Morgan fingerprint density at radius 3 is 2.60 bits per heavy atom. The highest BCUT2D eigenvalue weighted by molar-refractivity contribution is 6.37. The van der Waals surface area contributed by atoms with Crippen LogP contribution in [0.1, 0.15) is 26.4 Å². The molecule has 6 heteroatoms. The summed E-state index contributed by atoms with van der Waals surface area (Å²) in [5.74, 6) is 0.410. The van der Waals surface area contributed by atoms with Gasteiger partial charge in [0.2, 0.25) is 6.79 Å². The van der Waals surface area contributed by atoms with Crippen LogP contribution < -0.4 is 14.4 Å². The number of anilines is 1. The van der Waals surface area contributed by atoms with Gasteiger partial charge >= 0.3 is 0 Å². The van der Waals surface area contributed by atoms with Crippen LogP contribution in [0.3, 0.4) is 0 Å². The predicted octanol–water partition coefficient (Wildman–Crippen LogP) is 3.07. The minimum absolute atomic E-state index is 0.134. The van der Waals surface area contributed by atoms with Crippen LogP contribution in [0, 0.1) is 6.92 Å². The van der Waals surface area contributed by atoms with Crippen LogP contribution >= 0.6 is 0 Å². The molecule has 0 unspecified atom stereocenters. The third-order valence-electron chi connectivity index (χ3n) is 4.52. The minimum atomic E-state index is -0.366. The van der Waals surface area contributed by atoms with Crippen LogP contribution in [-0.2, 0) is 0 Å². The summed E-state index contributed by atoms with van der Waals surface area (Å²) in [6.07, 6.45) is 0. The Balaban J connectivity index is 1.72. The normalized spacial score (nSPS) is 15.2. The van der Waals surface area contributed by atoms with E-state index in [1.54, 1.807) is 25.1 Å². The van der Waals surface area contributed by atoms with Gasteiger partial charge < -0.3 is 9.47 Å². The first kappa shape index (κ1) is 14.0. The first-order chi connectivity index (χ1) is 12.1. The Morgan fingerprint density at radius 1 is 0.960 bits per heavy atom. The molecule has 2 aliphatic heterocycles. The molecule has 0 radical (unpaired) electrons. The van der Waals surface area contributed by atoms with Crippen molar-refractivity contribution in [1.29, 1.82) is 0 Å². The Labute approximate surface area is 142 Å². The first-order valence-corrected chi connectivity index (χ1v) is 7.83. The molecule has 2 aliphatic rings. The number of aryl methyl sites for hydroxylation is 1. The number of carbonyl (C=O) groups is 2. The molecule has 122 valence electrons. The summed E-state index contributed by atoms with van der Waals surface area (Å²) < 4.78 is 10.6. The molecule has 0 saturated carbocycles. The monoisotopic (exact) mass is 332 g/mol. The second kappa shape index (κ2) is 4.80. The highest BCUT2D eigenvalue weighted by atomic mass is 16.7. The van der Waals surface area contributed by atoms with Gasteiger partial charge in [-0.25, -0.2) is 4.90 Å². The number of nitrogens with zero attached hydrogens (tertiary/aromatic N) is 2. The van der Waals surface area contributed by atoms with Crippen molar-refractivity contribution in [2.45, 2.75) is 6.92 Å². The molecule has 0 bridgehead atoms. The van der Waals surface area contributed by atoms with Gasteiger partial charge in [-0.2, -0.15) is 0 Å². The lowest BCUT2D eigenvalue weighted by molar-refractivity contribution is 0.0926. The van der Waals surface area contributed by atoms with Crippen molar-refractivity contribution in [3.05, 3.63) is 59.3 Å². The molecular weight excluding hydrogens is 320 g/mol. The lowest BCUT2D eigenvalue weighted by atomic mass is 10.0. The topological polar surface area (TPSA) is 68.7 Å². The summed E-state index contributed by atoms with van der Waals surface area (Å²) in [5.41, 5.74) is 2.48. The molecule has 2 amide bonds. The molecule has 2 aromatic carbocycles. The number of ether oxygens (including phenoxy) is 2. The van der Waals surface area contributed by atoms with Gasteiger partial charge in [-0.05, 0) is 25.1 Å².